The van der Waals surface area contributed by atoms with E-state index in [0.717, 1.165) is 23.5 Å². The number of hydrogen-bond donors (Lipinski definition) is 1. The highest BCUT2D eigenvalue weighted by Crippen LogP contribution is 2.27. The second-order valence-electron chi connectivity index (χ2n) is 6.24. The minimum atomic E-state index is 0.0325. The molecule has 0 aliphatic rings. The lowest BCUT2D eigenvalue weighted by atomic mass is 9.93. The minimum absolute atomic E-state index is 0.0325. The summed E-state index contributed by atoms with van der Waals surface area (Å²) in [4.78, 5) is 4.74. The Bertz CT molecular complexity index is 566. The quantitative estimate of drug-likeness (QED) is 0.913. The third-order valence-electron chi connectivity index (χ3n) is 3.55. The van der Waals surface area contributed by atoms with Gasteiger partial charge in [-0.05, 0) is 17.5 Å². The van der Waals surface area contributed by atoms with E-state index in [9.17, 15) is 0 Å². The number of benzene rings is 1. The summed E-state index contributed by atoms with van der Waals surface area (Å²) in [6.45, 7) is 8.75. The van der Waals surface area contributed by atoms with Crippen LogP contribution in [0.15, 0.2) is 29.6 Å². The fraction of sp³-hybridized carbons (Fsp3) is 0.471. The van der Waals surface area contributed by atoms with Crippen molar-refractivity contribution < 1.29 is 0 Å². The number of nitrogens with two attached hydrogens (primary N) is 1. The summed E-state index contributed by atoms with van der Waals surface area (Å²) in [5.41, 5.74) is 10.3. The Labute approximate surface area is 126 Å². The highest BCUT2D eigenvalue weighted by atomic mass is 32.1. The van der Waals surface area contributed by atoms with Crippen LogP contribution in [0, 0.1) is 0 Å². The van der Waals surface area contributed by atoms with Gasteiger partial charge in [0.25, 0.3) is 0 Å². The van der Waals surface area contributed by atoms with Crippen LogP contribution in [-0.2, 0) is 18.3 Å². The molecule has 2 nitrogen and oxygen atoms in total. The minimum Gasteiger partial charge on any atom is -0.324 e. The normalized spacial score (nSPS) is 13.4. The van der Waals surface area contributed by atoms with Crippen molar-refractivity contribution in [3.05, 3.63) is 51.5 Å². The summed E-state index contributed by atoms with van der Waals surface area (Å²) in [5.74, 6) is 0. The predicted molar refractivity (Wildman–Crippen MR) is 87.3 cm³/mol. The van der Waals surface area contributed by atoms with E-state index in [1.807, 2.05) is 0 Å². The van der Waals surface area contributed by atoms with E-state index in [1.165, 1.54) is 11.1 Å². The fourth-order valence-electron chi connectivity index (χ4n) is 2.27. The monoisotopic (exact) mass is 288 g/mol. The van der Waals surface area contributed by atoms with Crippen LogP contribution >= 0.6 is 11.3 Å². The van der Waals surface area contributed by atoms with Gasteiger partial charge in [-0.1, -0.05) is 52.0 Å². The zero-order valence-corrected chi connectivity index (χ0v) is 13.6. The number of aromatic nitrogens is 1. The van der Waals surface area contributed by atoms with Gasteiger partial charge in [-0.3, -0.25) is 0 Å². The van der Waals surface area contributed by atoms with Crippen LogP contribution in [-0.4, -0.2) is 4.98 Å². The van der Waals surface area contributed by atoms with Gasteiger partial charge in [0.1, 0.15) is 0 Å². The van der Waals surface area contributed by atoms with E-state index >= 15 is 0 Å². The molecule has 108 valence electrons. The molecule has 3 heteroatoms. The molecule has 0 fully saturated rings. The fourth-order valence-corrected chi connectivity index (χ4v) is 3.35. The van der Waals surface area contributed by atoms with Crippen LogP contribution < -0.4 is 5.73 Å². The van der Waals surface area contributed by atoms with Gasteiger partial charge in [-0.15, -0.1) is 11.3 Å². The van der Waals surface area contributed by atoms with Crippen LogP contribution in [0.2, 0.25) is 0 Å². The van der Waals surface area contributed by atoms with Gasteiger partial charge in [-0.25, -0.2) is 4.98 Å². The van der Waals surface area contributed by atoms with Crippen molar-refractivity contribution in [3.63, 3.8) is 0 Å². The maximum atomic E-state index is 6.39. The lowest BCUT2D eigenvalue weighted by Gasteiger charge is -2.16. The third-order valence-corrected chi connectivity index (χ3v) is 4.42. The first-order valence-electron chi connectivity index (χ1n) is 7.20. The number of hydrogen-bond acceptors (Lipinski definition) is 3. The molecule has 0 saturated carbocycles. The lowest BCUT2D eigenvalue weighted by molar-refractivity contribution is 0.569. The SMILES string of the molecule is CCc1ccccc1C(N)Cc1nc(C(C)(C)C)cs1. The topological polar surface area (TPSA) is 38.9 Å². The molecule has 0 saturated heterocycles. The van der Waals surface area contributed by atoms with Crippen molar-refractivity contribution in [3.8, 4) is 0 Å². The summed E-state index contributed by atoms with van der Waals surface area (Å²) in [6, 6.07) is 8.48. The van der Waals surface area contributed by atoms with Crippen LogP contribution in [0.4, 0.5) is 0 Å². The zero-order valence-electron chi connectivity index (χ0n) is 12.8. The first-order chi connectivity index (χ1) is 9.41. The van der Waals surface area contributed by atoms with E-state index in [-0.39, 0.29) is 11.5 Å². The second kappa shape index (κ2) is 6.06. The standard InChI is InChI=1S/C17H24N2S/c1-5-12-8-6-7-9-13(12)14(18)10-16-19-15(11-20-16)17(2,3)4/h6-9,11,14H,5,10,18H2,1-4H3. The number of aryl methyl sites for hydroxylation is 1. The van der Waals surface area contributed by atoms with Gasteiger partial charge < -0.3 is 5.73 Å². The van der Waals surface area contributed by atoms with Crippen LogP contribution in [0.25, 0.3) is 0 Å². The van der Waals surface area contributed by atoms with Gasteiger partial charge >= 0.3 is 0 Å². The van der Waals surface area contributed by atoms with Crippen LogP contribution in [0.5, 0.6) is 0 Å². The molecule has 1 heterocycles. The van der Waals surface area contributed by atoms with Crippen molar-refractivity contribution >= 4 is 11.3 Å². The first-order valence-corrected chi connectivity index (χ1v) is 8.08. The van der Waals surface area contributed by atoms with Gasteiger partial charge in [0.05, 0.1) is 10.7 Å². The Morgan fingerprint density at radius 3 is 2.55 bits per heavy atom. The molecule has 0 radical (unpaired) electrons. The molecule has 1 aromatic carbocycles. The Hall–Kier alpha value is -1.19. The summed E-state index contributed by atoms with van der Waals surface area (Å²) >= 11 is 1.72. The van der Waals surface area contributed by atoms with Gasteiger partial charge in [-0.2, -0.15) is 0 Å². The molecule has 20 heavy (non-hydrogen) atoms. The summed E-state index contributed by atoms with van der Waals surface area (Å²) in [6.07, 6.45) is 1.84. The van der Waals surface area contributed by atoms with Crippen LogP contribution in [0.1, 0.15) is 55.6 Å². The van der Waals surface area contributed by atoms with Crippen LogP contribution in [0.3, 0.4) is 0 Å². The molecule has 1 atom stereocenters. The highest BCUT2D eigenvalue weighted by molar-refractivity contribution is 7.09. The average Bonchev–Trinajstić information content (AvgIpc) is 2.87. The Morgan fingerprint density at radius 1 is 1.25 bits per heavy atom. The Kier molecular flexibility index (Phi) is 4.61. The maximum Gasteiger partial charge on any atom is 0.0947 e. The lowest BCUT2D eigenvalue weighted by Crippen LogP contribution is -2.16. The second-order valence-corrected chi connectivity index (χ2v) is 7.18. The molecule has 1 unspecified atom stereocenters. The molecule has 2 aromatic rings. The molecule has 0 aliphatic heterocycles. The third kappa shape index (κ3) is 3.47. The van der Waals surface area contributed by atoms with Crippen molar-refractivity contribution in [1.29, 1.82) is 0 Å². The van der Waals surface area contributed by atoms with Crippen molar-refractivity contribution in [1.82, 2.24) is 4.98 Å². The van der Waals surface area contributed by atoms with E-state index in [0.29, 0.717) is 0 Å². The number of rotatable bonds is 4. The molecular weight excluding hydrogens is 264 g/mol. The van der Waals surface area contributed by atoms with E-state index in [4.69, 9.17) is 10.7 Å². The van der Waals surface area contributed by atoms with E-state index in [1.54, 1.807) is 11.3 Å². The van der Waals surface area contributed by atoms with Gasteiger partial charge in [0.2, 0.25) is 0 Å². The van der Waals surface area contributed by atoms with Crippen molar-refractivity contribution in [2.45, 2.75) is 52.0 Å². The number of thiazole rings is 1. The zero-order chi connectivity index (χ0) is 14.8. The molecule has 0 spiro atoms. The van der Waals surface area contributed by atoms with E-state index < -0.39 is 0 Å². The largest absolute Gasteiger partial charge is 0.324 e. The molecule has 0 bridgehead atoms. The summed E-state index contributed by atoms with van der Waals surface area (Å²) in [7, 11) is 0. The van der Waals surface area contributed by atoms with Gasteiger partial charge in [0.15, 0.2) is 0 Å². The average molecular weight is 288 g/mol. The molecule has 2 N–H and O–H groups in total. The predicted octanol–water partition coefficient (Wildman–Crippen LogP) is 4.25. The molecule has 0 aliphatic carbocycles. The van der Waals surface area contributed by atoms with E-state index in [2.05, 4.69) is 57.3 Å². The highest BCUT2D eigenvalue weighted by Gasteiger charge is 2.19. The Balaban J connectivity index is 2.15. The molecule has 2 rings (SSSR count). The first kappa shape index (κ1) is 15.2. The summed E-state index contributed by atoms with van der Waals surface area (Å²) in [5, 5.41) is 3.29. The Morgan fingerprint density at radius 2 is 1.95 bits per heavy atom. The molecule has 0 amide bonds. The van der Waals surface area contributed by atoms with Crippen molar-refractivity contribution in [2.75, 3.05) is 0 Å². The smallest absolute Gasteiger partial charge is 0.0947 e. The summed E-state index contributed by atoms with van der Waals surface area (Å²) < 4.78 is 0. The number of nitrogens with zero attached hydrogens (tertiary/aromatic N) is 1. The maximum absolute atomic E-state index is 6.39. The molecule has 1 aromatic heterocycles. The van der Waals surface area contributed by atoms with Crippen molar-refractivity contribution in [2.24, 2.45) is 5.73 Å². The van der Waals surface area contributed by atoms with Gasteiger partial charge in [0, 0.05) is 23.3 Å². The molecular formula is C17H24N2S.